The molecule has 0 unspecified atom stereocenters. The molecule has 0 aliphatic carbocycles. The van der Waals surface area contributed by atoms with Crippen molar-refractivity contribution in [2.45, 2.75) is 27.2 Å². The minimum absolute atomic E-state index is 0.142. The molecule has 0 heterocycles. The maximum absolute atomic E-state index is 11.5. The quantitative estimate of drug-likeness (QED) is 0.256. The van der Waals surface area contributed by atoms with E-state index in [1.165, 1.54) is 32.9 Å². The van der Waals surface area contributed by atoms with E-state index in [1.54, 1.807) is 6.07 Å². The number of carbonyl (C=O) groups excluding carboxylic acids is 3. The minimum atomic E-state index is -0.578. The molecular formula is C20H19NO6. The Morgan fingerprint density at radius 1 is 0.852 bits per heavy atom. The van der Waals surface area contributed by atoms with Crippen molar-refractivity contribution in [3.63, 3.8) is 0 Å². The molecule has 0 fully saturated rings. The van der Waals surface area contributed by atoms with Gasteiger partial charge < -0.3 is 14.3 Å². The molecule has 0 aliphatic heterocycles. The lowest BCUT2D eigenvalue weighted by molar-refractivity contribution is -0.141. The van der Waals surface area contributed by atoms with Crippen LogP contribution >= 0.6 is 0 Å². The van der Waals surface area contributed by atoms with Crippen LogP contribution in [0, 0.1) is 0 Å². The molecule has 0 saturated heterocycles. The fraction of sp³-hybridized carbons (Fsp3) is 0.200. The third-order valence-corrected chi connectivity index (χ3v) is 3.28. The Kier molecular flexibility index (Phi) is 6.82. The number of hydrogen-bond donors (Lipinski definition) is 0. The summed E-state index contributed by atoms with van der Waals surface area (Å²) in [5.74, 6) is -1.28. The molecule has 0 saturated carbocycles. The lowest BCUT2D eigenvalue weighted by Gasteiger charge is -2.13. The molecule has 140 valence electrons. The van der Waals surface area contributed by atoms with Crippen molar-refractivity contribution in [2.75, 3.05) is 0 Å². The van der Waals surface area contributed by atoms with E-state index in [2.05, 4.69) is 5.16 Å². The number of oxime groups is 1. The number of ether oxygens (including phenoxy) is 2. The minimum Gasteiger partial charge on any atom is -0.427 e. The number of rotatable bonds is 6. The molecule has 0 atom stereocenters. The number of benzene rings is 2. The van der Waals surface area contributed by atoms with E-state index in [9.17, 15) is 14.4 Å². The van der Waals surface area contributed by atoms with Gasteiger partial charge in [0.15, 0.2) is 0 Å². The number of carbonyl (C=O) groups is 3. The van der Waals surface area contributed by atoms with Gasteiger partial charge in [-0.25, -0.2) is 4.79 Å². The van der Waals surface area contributed by atoms with Crippen molar-refractivity contribution in [1.82, 2.24) is 0 Å². The molecule has 0 bridgehead atoms. The first-order valence-corrected chi connectivity index (χ1v) is 8.14. The largest absolute Gasteiger partial charge is 0.427 e. The summed E-state index contributed by atoms with van der Waals surface area (Å²) in [6, 6.07) is 13.9. The summed E-state index contributed by atoms with van der Waals surface area (Å²) in [7, 11) is 0. The van der Waals surface area contributed by atoms with E-state index in [0.717, 1.165) is 5.56 Å². The molecule has 27 heavy (non-hydrogen) atoms. The third kappa shape index (κ3) is 6.39. The lowest BCUT2D eigenvalue weighted by Crippen LogP contribution is -2.12. The highest BCUT2D eigenvalue weighted by Crippen LogP contribution is 2.27. The normalized spacial score (nSPS) is 10.9. The van der Waals surface area contributed by atoms with Crippen molar-refractivity contribution < 1.29 is 28.7 Å². The van der Waals surface area contributed by atoms with Gasteiger partial charge >= 0.3 is 17.9 Å². The van der Waals surface area contributed by atoms with E-state index < -0.39 is 17.9 Å². The van der Waals surface area contributed by atoms with Crippen LogP contribution in [0.3, 0.4) is 0 Å². The highest BCUT2D eigenvalue weighted by atomic mass is 16.7. The van der Waals surface area contributed by atoms with Gasteiger partial charge in [0.2, 0.25) is 0 Å². The topological polar surface area (TPSA) is 91.3 Å². The summed E-state index contributed by atoms with van der Waals surface area (Å²) < 4.78 is 10.3. The van der Waals surface area contributed by atoms with Gasteiger partial charge in [-0.05, 0) is 17.7 Å². The Morgan fingerprint density at radius 3 is 2.11 bits per heavy atom. The van der Waals surface area contributed by atoms with Gasteiger partial charge in [-0.3, -0.25) is 9.59 Å². The first kappa shape index (κ1) is 19.8. The molecule has 2 aromatic carbocycles. The van der Waals surface area contributed by atoms with Crippen LogP contribution < -0.4 is 9.47 Å². The Hall–Kier alpha value is -3.48. The van der Waals surface area contributed by atoms with E-state index >= 15 is 0 Å². The maximum atomic E-state index is 11.5. The Bertz CT molecular complexity index is 873. The summed E-state index contributed by atoms with van der Waals surface area (Å²) in [6.45, 7) is 3.76. The molecule has 0 aromatic heterocycles. The van der Waals surface area contributed by atoms with Crippen molar-refractivity contribution >= 4 is 23.6 Å². The van der Waals surface area contributed by atoms with E-state index in [1.807, 2.05) is 30.3 Å². The first-order chi connectivity index (χ1) is 12.8. The Balaban J connectivity index is 2.48. The monoisotopic (exact) mass is 369 g/mol. The van der Waals surface area contributed by atoms with E-state index in [0.29, 0.717) is 17.7 Å². The summed E-state index contributed by atoms with van der Waals surface area (Å²) in [5.41, 5.74) is 1.73. The summed E-state index contributed by atoms with van der Waals surface area (Å²) >= 11 is 0. The van der Waals surface area contributed by atoms with Gasteiger partial charge in [0.25, 0.3) is 0 Å². The molecule has 2 rings (SSSR count). The molecule has 7 heteroatoms. The van der Waals surface area contributed by atoms with Crippen molar-refractivity contribution in [1.29, 1.82) is 0 Å². The van der Waals surface area contributed by atoms with Gasteiger partial charge in [-0.2, -0.15) is 0 Å². The van der Waals surface area contributed by atoms with Crippen LogP contribution in [0.5, 0.6) is 11.5 Å². The molecule has 2 aromatic rings. The van der Waals surface area contributed by atoms with Gasteiger partial charge in [0, 0.05) is 38.8 Å². The average molecular weight is 369 g/mol. The first-order valence-electron chi connectivity index (χ1n) is 8.14. The van der Waals surface area contributed by atoms with Crippen molar-refractivity contribution in [3.05, 3.63) is 59.7 Å². The van der Waals surface area contributed by atoms with Gasteiger partial charge in [0.05, 0.1) is 5.71 Å². The van der Waals surface area contributed by atoms with Gasteiger partial charge in [-0.1, -0.05) is 35.5 Å². The second kappa shape index (κ2) is 9.28. The molecule has 0 spiro atoms. The van der Waals surface area contributed by atoms with Crippen LogP contribution in [0.2, 0.25) is 0 Å². The zero-order valence-corrected chi connectivity index (χ0v) is 15.2. The van der Waals surface area contributed by atoms with Gasteiger partial charge in [-0.15, -0.1) is 0 Å². The molecule has 7 nitrogen and oxygen atoms in total. The molecule has 0 N–H and O–H groups in total. The molecule has 0 aliphatic rings. The van der Waals surface area contributed by atoms with Crippen LogP contribution in [0.25, 0.3) is 0 Å². The van der Waals surface area contributed by atoms with Crippen LogP contribution in [-0.2, 0) is 25.6 Å². The van der Waals surface area contributed by atoms with Gasteiger partial charge in [0.1, 0.15) is 11.5 Å². The lowest BCUT2D eigenvalue weighted by atomic mass is 10.0. The predicted octanol–water partition coefficient (Wildman–Crippen LogP) is 3.05. The fourth-order valence-corrected chi connectivity index (χ4v) is 2.30. The molecule has 0 radical (unpaired) electrons. The third-order valence-electron chi connectivity index (χ3n) is 3.28. The second-order valence-electron chi connectivity index (χ2n) is 5.63. The summed E-state index contributed by atoms with van der Waals surface area (Å²) in [4.78, 5) is 38.7. The fourth-order valence-electron chi connectivity index (χ4n) is 2.30. The zero-order valence-electron chi connectivity index (χ0n) is 15.2. The Morgan fingerprint density at radius 2 is 1.52 bits per heavy atom. The van der Waals surface area contributed by atoms with Crippen molar-refractivity contribution in [3.8, 4) is 11.5 Å². The number of nitrogens with zero attached hydrogens (tertiary/aromatic N) is 1. The number of esters is 2. The number of hydrogen-bond acceptors (Lipinski definition) is 7. The second-order valence-corrected chi connectivity index (χ2v) is 5.63. The Labute approximate surface area is 156 Å². The SMILES string of the molecule is CC(=O)O/N=C(\Cc1ccccc1)c1ccc(OC(C)=O)cc1OC(C)=O. The standard InChI is InChI=1S/C20H19NO6/c1-13(22)25-17-9-10-18(20(12-17)26-14(2)23)19(21-27-15(3)24)11-16-7-5-4-6-8-16/h4-10,12H,11H2,1-3H3/b21-19+. The van der Waals surface area contributed by atoms with Crippen molar-refractivity contribution in [2.24, 2.45) is 5.16 Å². The smallest absolute Gasteiger partial charge is 0.331 e. The van der Waals surface area contributed by atoms with Crippen LogP contribution in [0.1, 0.15) is 31.9 Å². The predicted molar refractivity (Wildman–Crippen MR) is 97.5 cm³/mol. The maximum Gasteiger partial charge on any atom is 0.331 e. The highest BCUT2D eigenvalue weighted by molar-refractivity contribution is 6.04. The van der Waals surface area contributed by atoms with E-state index in [4.69, 9.17) is 14.3 Å². The van der Waals surface area contributed by atoms with Crippen LogP contribution in [-0.4, -0.2) is 23.6 Å². The van der Waals surface area contributed by atoms with E-state index in [-0.39, 0.29) is 11.5 Å². The van der Waals surface area contributed by atoms with Crippen LogP contribution in [0.15, 0.2) is 53.7 Å². The molecule has 0 amide bonds. The molecular weight excluding hydrogens is 350 g/mol. The summed E-state index contributed by atoms with van der Waals surface area (Å²) in [6.07, 6.45) is 0.329. The average Bonchev–Trinajstić information content (AvgIpc) is 2.59. The highest BCUT2D eigenvalue weighted by Gasteiger charge is 2.16. The van der Waals surface area contributed by atoms with Crippen LogP contribution in [0.4, 0.5) is 0 Å². The summed E-state index contributed by atoms with van der Waals surface area (Å²) in [5, 5.41) is 3.92. The zero-order chi connectivity index (χ0) is 19.8.